The molecule has 1 aliphatic rings. The molecule has 2 heteroatoms. The fourth-order valence-electron chi connectivity index (χ4n) is 0.950. The summed E-state index contributed by atoms with van der Waals surface area (Å²) >= 11 is 0. The van der Waals surface area contributed by atoms with Gasteiger partial charge in [0.1, 0.15) is 0 Å². The number of hydrogen-bond acceptors (Lipinski definition) is 2. The van der Waals surface area contributed by atoms with Gasteiger partial charge in [-0.05, 0) is 39.2 Å². The molecular formula is C9H16N2. The lowest BCUT2D eigenvalue weighted by Crippen LogP contribution is -2.29. The second-order valence-corrected chi connectivity index (χ2v) is 4.07. The summed E-state index contributed by atoms with van der Waals surface area (Å²) in [7, 11) is 0. The van der Waals surface area contributed by atoms with Gasteiger partial charge in [0, 0.05) is 6.54 Å². The fraction of sp³-hybridized carbons (Fsp3) is 0.889. The Morgan fingerprint density at radius 1 is 1.55 bits per heavy atom. The lowest BCUT2D eigenvalue weighted by molar-refractivity contribution is 0.440. The van der Waals surface area contributed by atoms with Crippen molar-refractivity contribution in [3.8, 4) is 6.07 Å². The van der Waals surface area contributed by atoms with Crippen molar-refractivity contribution in [2.75, 3.05) is 13.1 Å². The molecule has 0 heterocycles. The lowest BCUT2D eigenvalue weighted by atomic mass is 9.96. The van der Waals surface area contributed by atoms with Crippen LogP contribution in [0.25, 0.3) is 0 Å². The minimum absolute atomic E-state index is 0.200. The van der Waals surface area contributed by atoms with Gasteiger partial charge in [-0.3, -0.25) is 0 Å². The van der Waals surface area contributed by atoms with Crippen LogP contribution in [0.1, 0.15) is 26.7 Å². The predicted octanol–water partition coefficient (Wildman–Crippen LogP) is 1.54. The maximum atomic E-state index is 8.68. The Morgan fingerprint density at radius 3 is 2.64 bits per heavy atom. The highest BCUT2D eigenvalue weighted by Crippen LogP contribution is 2.27. The number of hydrogen-bond donors (Lipinski definition) is 1. The highest BCUT2D eigenvalue weighted by Gasteiger charge is 2.22. The molecule has 0 spiro atoms. The Kier molecular flexibility index (Phi) is 2.51. The van der Waals surface area contributed by atoms with Crippen LogP contribution in [0.15, 0.2) is 0 Å². The summed E-state index contributed by atoms with van der Waals surface area (Å²) in [5.74, 6) is 0.907. The summed E-state index contributed by atoms with van der Waals surface area (Å²) in [6, 6.07) is 2.27. The van der Waals surface area contributed by atoms with Crippen molar-refractivity contribution in [3.05, 3.63) is 0 Å². The van der Waals surface area contributed by atoms with E-state index < -0.39 is 0 Å². The molecule has 0 unspecified atom stereocenters. The number of nitrogens with zero attached hydrogens (tertiary/aromatic N) is 1. The van der Waals surface area contributed by atoms with E-state index in [4.69, 9.17) is 5.26 Å². The molecule has 0 bridgehead atoms. The van der Waals surface area contributed by atoms with E-state index >= 15 is 0 Å². The second kappa shape index (κ2) is 3.23. The van der Waals surface area contributed by atoms with Crippen LogP contribution in [0, 0.1) is 22.7 Å². The van der Waals surface area contributed by atoms with Gasteiger partial charge in [-0.2, -0.15) is 5.26 Å². The van der Waals surface area contributed by atoms with Crippen LogP contribution in [0.5, 0.6) is 0 Å². The van der Waals surface area contributed by atoms with E-state index in [0.717, 1.165) is 19.0 Å². The quantitative estimate of drug-likeness (QED) is 0.663. The van der Waals surface area contributed by atoms with Gasteiger partial charge >= 0.3 is 0 Å². The first-order valence-electron chi connectivity index (χ1n) is 4.26. The molecule has 1 N–H and O–H groups in total. The van der Waals surface area contributed by atoms with Crippen molar-refractivity contribution in [1.29, 1.82) is 5.26 Å². The Bertz CT molecular complexity index is 163. The zero-order valence-corrected chi connectivity index (χ0v) is 7.35. The molecule has 62 valence electrons. The summed E-state index contributed by atoms with van der Waals surface area (Å²) < 4.78 is 0. The molecule has 1 rings (SSSR count). The number of nitriles is 1. The largest absolute Gasteiger partial charge is 0.315 e. The highest BCUT2D eigenvalue weighted by atomic mass is 14.9. The van der Waals surface area contributed by atoms with Gasteiger partial charge in [0.05, 0.1) is 11.5 Å². The summed E-state index contributed by atoms with van der Waals surface area (Å²) in [6.07, 6.45) is 2.75. The third kappa shape index (κ3) is 3.38. The van der Waals surface area contributed by atoms with E-state index in [0.29, 0.717) is 0 Å². The minimum atomic E-state index is -0.200. The summed E-state index contributed by atoms with van der Waals surface area (Å²) in [4.78, 5) is 0. The topological polar surface area (TPSA) is 35.8 Å². The molecular weight excluding hydrogens is 136 g/mol. The molecule has 11 heavy (non-hydrogen) atoms. The molecule has 0 aromatic carbocycles. The SMILES string of the molecule is CC(C)(C#N)CNCC1CC1. The highest BCUT2D eigenvalue weighted by molar-refractivity contribution is 4.93. The zero-order chi connectivity index (χ0) is 8.32. The van der Waals surface area contributed by atoms with Crippen molar-refractivity contribution >= 4 is 0 Å². The number of nitrogens with one attached hydrogen (secondary N) is 1. The number of rotatable bonds is 4. The van der Waals surface area contributed by atoms with Crippen molar-refractivity contribution in [1.82, 2.24) is 5.32 Å². The van der Waals surface area contributed by atoms with Crippen LogP contribution < -0.4 is 5.32 Å². The molecule has 0 saturated heterocycles. The van der Waals surface area contributed by atoms with Gasteiger partial charge in [-0.1, -0.05) is 0 Å². The van der Waals surface area contributed by atoms with Crippen molar-refractivity contribution in [2.45, 2.75) is 26.7 Å². The normalized spacial score (nSPS) is 17.9. The van der Waals surface area contributed by atoms with Crippen LogP contribution in [-0.2, 0) is 0 Å². The Hall–Kier alpha value is -0.550. The summed E-state index contributed by atoms with van der Waals surface area (Å²) in [6.45, 7) is 5.85. The predicted molar refractivity (Wildman–Crippen MR) is 45.0 cm³/mol. The van der Waals surface area contributed by atoms with Gasteiger partial charge < -0.3 is 5.32 Å². The van der Waals surface area contributed by atoms with E-state index in [1.54, 1.807) is 0 Å². The Morgan fingerprint density at radius 2 is 2.18 bits per heavy atom. The molecule has 0 aliphatic heterocycles. The van der Waals surface area contributed by atoms with E-state index in [9.17, 15) is 0 Å². The standard InChI is InChI=1S/C9H16N2/c1-9(2,6-10)7-11-5-8-3-4-8/h8,11H,3-5,7H2,1-2H3. The first-order chi connectivity index (χ1) is 5.14. The molecule has 2 nitrogen and oxygen atoms in total. The Balaban J connectivity index is 2.05. The van der Waals surface area contributed by atoms with Crippen LogP contribution in [-0.4, -0.2) is 13.1 Å². The summed E-state index contributed by atoms with van der Waals surface area (Å²) in [5, 5.41) is 12.0. The Labute approximate surface area is 68.6 Å². The zero-order valence-electron chi connectivity index (χ0n) is 7.35. The lowest BCUT2D eigenvalue weighted by Gasteiger charge is -2.15. The molecule has 0 atom stereocenters. The molecule has 0 aromatic heterocycles. The fourth-order valence-corrected chi connectivity index (χ4v) is 0.950. The third-order valence-corrected chi connectivity index (χ3v) is 2.00. The molecule has 1 fully saturated rings. The van der Waals surface area contributed by atoms with Crippen LogP contribution in [0.3, 0.4) is 0 Å². The van der Waals surface area contributed by atoms with Crippen LogP contribution in [0.2, 0.25) is 0 Å². The van der Waals surface area contributed by atoms with E-state index in [-0.39, 0.29) is 5.41 Å². The third-order valence-electron chi connectivity index (χ3n) is 2.00. The minimum Gasteiger partial charge on any atom is -0.315 e. The smallest absolute Gasteiger partial charge is 0.0697 e. The molecule has 0 amide bonds. The van der Waals surface area contributed by atoms with E-state index in [1.807, 2.05) is 13.8 Å². The average molecular weight is 152 g/mol. The van der Waals surface area contributed by atoms with Crippen molar-refractivity contribution in [3.63, 3.8) is 0 Å². The second-order valence-electron chi connectivity index (χ2n) is 4.07. The molecule has 1 saturated carbocycles. The molecule has 0 aromatic rings. The molecule has 1 aliphatic carbocycles. The van der Waals surface area contributed by atoms with Crippen LogP contribution in [0.4, 0.5) is 0 Å². The van der Waals surface area contributed by atoms with Gasteiger partial charge in [0.25, 0.3) is 0 Å². The van der Waals surface area contributed by atoms with Crippen molar-refractivity contribution < 1.29 is 0 Å². The monoisotopic (exact) mass is 152 g/mol. The van der Waals surface area contributed by atoms with Gasteiger partial charge in [-0.15, -0.1) is 0 Å². The van der Waals surface area contributed by atoms with E-state index in [2.05, 4.69) is 11.4 Å². The molecule has 0 radical (unpaired) electrons. The van der Waals surface area contributed by atoms with Crippen molar-refractivity contribution in [2.24, 2.45) is 11.3 Å². The first kappa shape index (κ1) is 8.55. The van der Waals surface area contributed by atoms with Crippen LogP contribution >= 0.6 is 0 Å². The summed E-state index contributed by atoms with van der Waals surface area (Å²) in [5.41, 5.74) is -0.200. The maximum Gasteiger partial charge on any atom is 0.0697 e. The van der Waals surface area contributed by atoms with E-state index in [1.165, 1.54) is 12.8 Å². The maximum absolute atomic E-state index is 8.68. The van der Waals surface area contributed by atoms with Gasteiger partial charge in [0.2, 0.25) is 0 Å². The average Bonchev–Trinajstić information content (AvgIpc) is 2.71. The first-order valence-corrected chi connectivity index (χ1v) is 4.26. The van der Waals surface area contributed by atoms with Gasteiger partial charge in [0.15, 0.2) is 0 Å². The van der Waals surface area contributed by atoms with Gasteiger partial charge in [-0.25, -0.2) is 0 Å².